The minimum atomic E-state index is -1.78. The van der Waals surface area contributed by atoms with Crippen molar-refractivity contribution in [2.75, 3.05) is 26.4 Å². The summed E-state index contributed by atoms with van der Waals surface area (Å²) in [6.45, 7) is 7.81. The van der Waals surface area contributed by atoms with Crippen LogP contribution in [0.5, 0.6) is 0 Å². The van der Waals surface area contributed by atoms with Crippen LogP contribution < -0.4 is 5.32 Å². The van der Waals surface area contributed by atoms with Crippen molar-refractivity contribution in [3.63, 3.8) is 0 Å². The summed E-state index contributed by atoms with van der Waals surface area (Å²) in [7, 11) is 0. The molecule has 12 atom stereocenters. The summed E-state index contributed by atoms with van der Waals surface area (Å²) in [6, 6.07) is 21.3. The van der Waals surface area contributed by atoms with Gasteiger partial charge in [-0.3, -0.25) is 19.2 Å². The van der Waals surface area contributed by atoms with Crippen molar-refractivity contribution in [1.82, 2.24) is 5.32 Å². The van der Waals surface area contributed by atoms with E-state index in [1.54, 1.807) is 51.1 Å². The number of hydrogen-bond donors (Lipinski definition) is 1. The molecule has 4 aliphatic rings. The summed E-state index contributed by atoms with van der Waals surface area (Å²) in [4.78, 5) is 80.4. The van der Waals surface area contributed by atoms with E-state index >= 15 is 0 Å². The Hall–Kier alpha value is -6.65. The molecular weight excluding hydrogens is 933 g/mol. The number of nitrogens with zero attached hydrogens (tertiary/aromatic N) is 3. The number of hydrogen-bond acceptors (Lipinski definition) is 19. The molecule has 0 spiro atoms. The Kier molecular flexibility index (Phi) is 16.9. The highest BCUT2D eigenvalue weighted by molar-refractivity contribution is 5.82. The number of nitrogens with one attached hydrogen (secondary N) is 1. The number of carbonyl (C=O) groups is 6. The predicted octanol–water partition coefficient (Wildman–Crippen LogP) is 5.24. The SMILES string of the molecule is CC(=O)OCC1O[C@@H](O[C@@H]2C(N=[N+]=[N-])[C@@H](OC[C@H](NC(=O)OCC3c4ccccc4-c4ccccc43)C(=O)OC(C)(C)C)OC3COC(c4ccccc4)O[C@@H]32)C(OC(C)=O)[C@@H](OC(C)=O)[C@H]1OC(C)=O. The Morgan fingerprint density at radius 2 is 1.32 bits per heavy atom. The van der Waals surface area contributed by atoms with Crippen LogP contribution in [0.1, 0.15) is 77.4 Å². The summed E-state index contributed by atoms with van der Waals surface area (Å²) in [5, 5.41) is 6.57. The zero-order valence-corrected chi connectivity index (χ0v) is 40.0. The summed E-state index contributed by atoms with van der Waals surface area (Å²) in [5.41, 5.74) is 13.6. The molecule has 0 radical (unpaired) electrons. The molecule has 7 rings (SSSR count). The Morgan fingerprint density at radius 1 is 0.718 bits per heavy atom. The Bertz CT molecular complexity index is 2420. The molecule has 3 saturated heterocycles. The summed E-state index contributed by atoms with van der Waals surface area (Å²) in [5.74, 6) is -4.56. The summed E-state index contributed by atoms with van der Waals surface area (Å²) >= 11 is 0. The monoisotopic (exact) mass is 988 g/mol. The number of amides is 1. The first kappa shape index (κ1) is 52.2. The minimum Gasteiger partial charge on any atom is -0.463 e. The van der Waals surface area contributed by atoms with Crippen LogP contribution in [0.15, 0.2) is 84.0 Å². The summed E-state index contributed by atoms with van der Waals surface area (Å²) < 4.78 is 71.6. The fourth-order valence-corrected chi connectivity index (χ4v) is 8.78. The molecule has 3 heterocycles. The molecule has 3 fully saturated rings. The van der Waals surface area contributed by atoms with Gasteiger partial charge >= 0.3 is 35.9 Å². The molecule has 3 aliphatic heterocycles. The van der Waals surface area contributed by atoms with Gasteiger partial charge < -0.3 is 62.2 Å². The van der Waals surface area contributed by atoms with Gasteiger partial charge in [-0.25, -0.2) is 9.59 Å². The first-order valence-corrected chi connectivity index (χ1v) is 22.8. The van der Waals surface area contributed by atoms with Gasteiger partial charge in [-0.2, -0.15) is 0 Å². The molecule has 1 amide bonds. The molecule has 5 unspecified atom stereocenters. The highest BCUT2D eigenvalue weighted by Gasteiger charge is 2.57. The molecule has 22 heteroatoms. The third kappa shape index (κ3) is 13.0. The van der Waals surface area contributed by atoms with Crippen LogP contribution in [-0.2, 0) is 80.8 Å². The smallest absolute Gasteiger partial charge is 0.407 e. The van der Waals surface area contributed by atoms with E-state index in [-0.39, 0.29) is 19.1 Å². The van der Waals surface area contributed by atoms with E-state index in [4.69, 9.17) is 56.8 Å². The highest BCUT2D eigenvalue weighted by Crippen LogP contribution is 2.45. The highest BCUT2D eigenvalue weighted by atomic mass is 16.8. The first-order chi connectivity index (χ1) is 33.9. The number of carbonyl (C=O) groups excluding carboxylic acids is 6. The van der Waals surface area contributed by atoms with Crippen molar-refractivity contribution in [2.24, 2.45) is 5.11 Å². The first-order valence-electron chi connectivity index (χ1n) is 22.8. The van der Waals surface area contributed by atoms with Gasteiger partial charge in [-0.15, -0.1) is 0 Å². The number of alkyl carbamates (subject to hydrolysis) is 1. The molecule has 0 bridgehead atoms. The standard InChI is InChI=1S/C49H56N4O18/c1-25(54)60-23-36-40(64-26(2)55)42(65-27(3)56)43(66-28(4)57)47(68-36)70-41-38(52-53-50)46(67-37-24-62-45(69-39(37)41)29-15-9-8-10-16-29)61-22-35(44(58)71-49(5,6)7)51-48(59)63-21-34-32-19-13-11-17-30(32)31-18-12-14-20-33(31)34/h8-20,34-43,45-47H,21-24H2,1-7H3,(H,51,59)/t35-,36?,37?,38?,39-,40-,41+,42-,43?,45?,46-,47-/m0/s1. The normalized spacial score (nSPS) is 27.2. The third-order valence-corrected chi connectivity index (χ3v) is 11.6. The van der Waals surface area contributed by atoms with Crippen LogP contribution in [0.3, 0.4) is 0 Å². The van der Waals surface area contributed by atoms with Crippen molar-refractivity contribution >= 4 is 35.9 Å². The lowest BCUT2D eigenvalue weighted by Crippen LogP contribution is -2.67. The minimum absolute atomic E-state index is 0.0717. The molecule has 380 valence electrons. The molecule has 0 aromatic heterocycles. The van der Waals surface area contributed by atoms with Crippen molar-refractivity contribution in [3.8, 4) is 11.1 Å². The maximum atomic E-state index is 13.8. The predicted molar refractivity (Wildman–Crippen MR) is 242 cm³/mol. The van der Waals surface area contributed by atoms with Gasteiger partial charge in [0.1, 0.15) is 49.3 Å². The lowest BCUT2D eigenvalue weighted by molar-refractivity contribution is -0.376. The third-order valence-electron chi connectivity index (χ3n) is 11.6. The van der Waals surface area contributed by atoms with Crippen molar-refractivity contribution in [2.45, 2.75) is 134 Å². The topological polar surface area (TPSA) is 274 Å². The van der Waals surface area contributed by atoms with Crippen molar-refractivity contribution in [1.29, 1.82) is 0 Å². The lowest BCUT2D eigenvalue weighted by Gasteiger charge is -2.50. The van der Waals surface area contributed by atoms with E-state index < -0.39 is 128 Å². The van der Waals surface area contributed by atoms with Crippen LogP contribution in [0.2, 0.25) is 0 Å². The number of benzene rings is 3. The molecule has 71 heavy (non-hydrogen) atoms. The lowest BCUT2D eigenvalue weighted by atomic mass is 9.94. The maximum absolute atomic E-state index is 13.8. The van der Waals surface area contributed by atoms with E-state index in [2.05, 4.69) is 15.3 Å². The average Bonchev–Trinajstić information content (AvgIpc) is 3.64. The van der Waals surface area contributed by atoms with E-state index in [1.165, 1.54) is 0 Å². The van der Waals surface area contributed by atoms with Crippen molar-refractivity contribution < 1.29 is 85.6 Å². The van der Waals surface area contributed by atoms with Gasteiger partial charge in [-0.1, -0.05) is 84.0 Å². The largest absolute Gasteiger partial charge is 0.463 e. The van der Waals surface area contributed by atoms with Crippen LogP contribution in [0, 0.1) is 0 Å². The summed E-state index contributed by atoms with van der Waals surface area (Å²) in [6.07, 6.45) is -15.3. The van der Waals surface area contributed by atoms with E-state index in [0.29, 0.717) is 5.56 Å². The number of fused-ring (bicyclic) bond motifs is 4. The second-order valence-corrected chi connectivity index (χ2v) is 18.0. The van der Waals surface area contributed by atoms with Gasteiger partial charge in [0, 0.05) is 44.1 Å². The number of ether oxygens (including phenoxy) is 12. The fraction of sp³-hybridized carbons (Fsp3) is 0.510. The Labute approximate surface area is 408 Å². The Balaban J connectivity index is 1.19. The van der Waals surface area contributed by atoms with E-state index in [9.17, 15) is 34.3 Å². The van der Waals surface area contributed by atoms with E-state index in [0.717, 1.165) is 49.9 Å². The zero-order valence-electron chi connectivity index (χ0n) is 40.0. The van der Waals surface area contributed by atoms with E-state index in [1.807, 2.05) is 48.5 Å². The average molecular weight is 989 g/mol. The van der Waals surface area contributed by atoms with Gasteiger partial charge in [0.2, 0.25) is 0 Å². The van der Waals surface area contributed by atoms with Crippen LogP contribution in [0.25, 0.3) is 21.6 Å². The second kappa shape index (κ2) is 23.1. The van der Waals surface area contributed by atoms with Gasteiger partial charge in [-0.05, 0) is 48.6 Å². The Morgan fingerprint density at radius 3 is 1.93 bits per heavy atom. The van der Waals surface area contributed by atoms with Crippen LogP contribution in [-0.4, -0.2) is 135 Å². The maximum Gasteiger partial charge on any atom is 0.407 e. The van der Waals surface area contributed by atoms with Crippen LogP contribution >= 0.6 is 0 Å². The number of rotatable bonds is 16. The number of esters is 5. The molecule has 1 aliphatic carbocycles. The quantitative estimate of drug-likeness (QED) is 0.0632. The molecular formula is C49H56N4O18. The molecule has 3 aromatic carbocycles. The van der Waals surface area contributed by atoms with Crippen LogP contribution in [0.4, 0.5) is 4.79 Å². The molecule has 1 N–H and O–H groups in total. The fourth-order valence-electron chi connectivity index (χ4n) is 8.78. The van der Waals surface area contributed by atoms with Gasteiger partial charge in [0.15, 0.2) is 43.2 Å². The number of azide groups is 1. The van der Waals surface area contributed by atoms with Crippen molar-refractivity contribution in [3.05, 3.63) is 106 Å². The van der Waals surface area contributed by atoms with Gasteiger partial charge in [0.25, 0.3) is 0 Å². The second-order valence-electron chi connectivity index (χ2n) is 18.0. The molecule has 3 aromatic rings. The molecule has 0 saturated carbocycles. The van der Waals surface area contributed by atoms with Gasteiger partial charge in [0.05, 0.1) is 13.2 Å². The molecule has 22 nitrogen and oxygen atoms in total. The zero-order chi connectivity index (χ0) is 51.0.